The number of nitrogens with one attached hydrogen (secondary N) is 2. The largest absolute Gasteiger partial charge is 0.466 e. The third kappa shape index (κ3) is 8.55. The molecule has 0 saturated heterocycles. The number of carbonyl (C=O) groups excluding carboxylic acids is 2. The van der Waals surface area contributed by atoms with E-state index in [0.717, 1.165) is 49.3 Å². The summed E-state index contributed by atoms with van der Waals surface area (Å²) in [6.45, 7) is 13.4. The molecule has 2 N–H and O–H groups in total. The number of ether oxygens (including phenoxy) is 2. The predicted molar refractivity (Wildman–Crippen MR) is 144 cm³/mol. The van der Waals surface area contributed by atoms with Crippen LogP contribution in [0, 0.1) is 6.92 Å². The maximum Gasteiger partial charge on any atom is 0.344 e. The Bertz CT molecular complexity index is 1050. The Hall–Kier alpha value is -3.62. The van der Waals surface area contributed by atoms with Crippen LogP contribution in [-0.2, 0) is 9.53 Å². The predicted octanol–water partition coefficient (Wildman–Crippen LogP) is 5.33. The zero-order valence-electron chi connectivity index (χ0n) is 22.3. The molecule has 0 bridgehead atoms. The molecule has 1 aromatic heterocycles. The van der Waals surface area contributed by atoms with E-state index in [1.54, 1.807) is 6.92 Å². The first-order valence-electron chi connectivity index (χ1n) is 12.6. The highest BCUT2D eigenvalue weighted by Gasteiger charge is 2.18. The highest BCUT2D eigenvalue weighted by molar-refractivity contribution is 6.03. The number of esters is 1. The molecule has 0 unspecified atom stereocenters. The van der Waals surface area contributed by atoms with Crippen molar-refractivity contribution in [3.05, 3.63) is 47.3 Å². The SMILES string of the molecule is C/C=C(\CC)Nc1ccc(NC(=O)c2cc(OCC(=O)OCC)nc(N(CCC)CCC)n2)cc1C. The lowest BCUT2D eigenvalue weighted by atomic mass is 10.1. The fourth-order valence-corrected chi connectivity index (χ4v) is 3.55. The molecular weight excluding hydrogens is 458 g/mol. The van der Waals surface area contributed by atoms with Crippen molar-refractivity contribution in [3.63, 3.8) is 0 Å². The number of rotatable bonds is 14. The quantitative estimate of drug-likeness (QED) is 0.337. The summed E-state index contributed by atoms with van der Waals surface area (Å²) in [5, 5.41) is 6.32. The summed E-state index contributed by atoms with van der Waals surface area (Å²) in [6, 6.07) is 7.13. The molecule has 1 aromatic carbocycles. The van der Waals surface area contributed by atoms with E-state index in [0.29, 0.717) is 11.6 Å². The third-order valence-electron chi connectivity index (χ3n) is 5.35. The molecule has 0 aliphatic heterocycles. The van der Waals surface area contributed by atoms with E-state index in [9.17, 15) is 9.59 Å². The second-order valence-corrected chi connectivity index (χ2v) is 8.25. The Morgan fingerprint density at radius 2 is 1.75 bits per heavy atom. The van der Waals surface area contributed by atoms with Crippen LogP contribution in [0.5, 0.6) is 5.88 Å². The van der Waals surface area contributed by atoms with Crippen molar-refractivity contribution in [3.8, 4) is 5.88 Å². The van der Waals surface area contributed by atoms with Crippen molar-refractivity contribution in [2.75, 3.05) is 41.8 Å². The lowest BCUT2D eigenvalue weighted by Crippen LogP contribution is -2.28. The van der Waals surface area contributed by atoms with Gasteiger partial charge in [-0.3, -0.25) is 4.79 Å². The minimum atomic E-state index is -0.504. The minimum absolute atomic E-state index is 0.143. The van der Waals surface area contributed by atoms with Crippen LogP contribution >= 0.6 is 0 Å². The van der Waals surface area contributed by atoms with Gasteiger partial charge in [0.05, 0.1) is 6.61 Å². The molecule has 1 amide bonds. The maximum absolute atomic E-state index is 13.2. The number of benzene rings is 1. The van der Waals surface area contributed by atoms with Crippen LogP contribution in [0.1, 0.15) is 69.9 Å². The smallest absolute Gasteiger partial charge is 0.344 e. The minimum Gasteiger partial charge on any atom is -0.466 e. The second kappa shape index (κ2) is 14.7. The number of carbonyl (C=O) groups is 2. The van der Waals surface area contributed by atoms with Gasteiger partial charge in [-0.1, -0.05) is 26.8 Å². The van der Waals surface area contributed by atoms with Crippen LogP contribution in [0.15, 0.2) is 36.0 Å². The molecule has 196 valence electrons. The number of aromatic nitrogens is 2. The van der Waals surface area contributed by atoms with Gasteiger partial charge in [0.15, 0.2) is 6.61 Å². The van der Waals surface area contributed by atoms with Crippen LogP contribution in [0.3, 0.4) is 0 Å². The van der Waals surface area contributed by atoms with Gasteiger partial charge in [-0.15, -0.1) is 0 Å². The number of amides is 1. The van der Waals surface area contributed by atoms with Crippen LogP contribution in [0.4, 0.5) is 17.3 Å². The molecule has 9 heteroatoms. The highest BCUT2D eigenvalue weighted by Crippen LogP contribution is 2.23. The topological polar surface area (TPSA) is 106 Å². The van der Waals surface area contributed by atoms with Gasteiger partial charge in [0.2, 0.25) is 11.8 Å². The van der Waals surface area contributed by atoms with E-state index in [-0.39, 0.29) is 24.8 Å². The third-order valence-corrected chi connectivity index (χ3v) is 5.35. The van der Waals surface area contributed by atoms with Crippen molar-refractivity contribution >= 4 is 29.2 Å². The molecular formula is C27H39N5O4. The number of anilines is 3. The summed E-state index contributed by atoms with van der Waals surface area (Å²) in [4.78, 5) is 35.9. The molecule has 0 spiro atoms. The molecule has 1 heterocycles. The van der Waals surface area contributed by atoms with Crippen LogP contribution in [0.25, 0.3) is 0 Å². The van der Waals surface area contributed by atoms with Crippen molar-refractivity contribution in [2.24, 2.45) is 0 Å². The van der Waals surface area contributed by atoms with Crippen molar-refractivity contribution in [2.45, 2.75) is 60.8 Å². The molecule has 0 aliphatic rings. The molecule has 0 radical (unpaired) electrons. The van der Waals surface area contributed by atoms with Gasteiger partial charge >= 0.3 is 5.97 Å². The first kappa shape index (κ1) is 28.6. The van der Waals surface area contributed by atoms with Gasteiger partial charge in [-0.25, -0.2) is 9.78 Å². The molecule has 0 saturated carbocycles. The molecule has 2 rings (SSSR count). The first-order chi connectivity index (χ1) is 17.3. The van der Waals surface area contributed by atoms with E-state index in [2.05, 4.69) is 41.4 Å². The summed E-state index contributed by atoms with van der Waals surface area (Å²) in [5.41, 5.74) is 3.91. The Morgan fingerprint density at radius 1 is 1.03 bits per heavy atom. The van der Waals surface area contributed by atoms with Crippen molar-refractivity contribution in [1.82, 2.24) is 9.97 Å². The number of nitrogens with zero attached hydrogens (tertiary/aromatic N) is 3. The molecule has 2 aromatic rings. The fourth-order valence-electron chi connectivity index (χ4n) is 3.55. The molecule has 36 heavy (non-hydrogen) atoms. The van der Waals surface area contributed by atoms with Gasteiger partial charge < -0.3 is 25.0 Å². The zero-order valence-corrected chi connectivity index (χ0v) is 22.3. The molecule has 9 nitrogen and oxygen atoms in total. The lowest BCUT2D eigenvalue weighted by Gasteiger charge is -2.22. The Labute approximate surface area is 214 Å². The van der Waals surface area contributed by atoms with Crippen molar-refractivity contribution in [1.29, 1.82) is 0 Å². The normalized spacial score (nSPS) is 11.1. The Kier molecular flexibility index (Phi) is 11.7. The summed E-state index contributed by atoms with van der Waals surface area (Å²) < 4.78 is 10.5. The van der Waals surface area contributed by atoms with Crippen LogP contribution in [0.2, 0.25) is 0 Å². The lowest BCUT2D eigenvalue weighted by molar-refractivity contribution is -0.145. The standard InChI is InChI=1S/C27H39N5O4/c1-7-14-32(15-8-2)27-30-23(17-24(31-27)36-18-25(33)35-11-5)26(34)29-21-12-13-22(19(6)16-21)28-20(9-3)10-4/h9,12-13,16-17,28H,7-8,10-11,14-15,18H2,1-6H3,(H,29,34)/b20-9+. The van der Waals surface area contributed by atoms with Gasteiger partial charge in [-0.05, 0) is 63.8 Å². The highest BCUT2D eigenvalue weighted by atomic mass is 16.6. The molecule has 0 atom stereocenters. The summed E-state index contributed by atoms with van der Waals surface area (Å²) >= 11 is 0. The Morgan fingerprint density at radius 3 is 2.33 bits per heavy atom. The first-order valence-corrected chi connectivity index (χ1v) is 12.6. The van der Waals surface area contributed by atoms with Crippen molar-refractivity contribution < 1.29 is 19.1 Å². The van der Waals surface area contributed by atoms with E-state index in [1.807, 2.05) is 43.0 Å². The van der Waals surface area contributed by atoms with E-state index in [1.165, 1.54) is 6.07 Å². The van der Waals surface area contributed by atoms with E-state index < -0.39 is 11.9 Å². The van der Waals surface area contributed by atoms with E-state index >= 15 is 0 Å². The number of allylic oxidation sites excluding steroid dienone is 2. The zero-order chi connectivity index (χ0) is 26.5. The van der Waals surface area contributed by atoms with Crippen LogP contribution in [-0.4, -0.2) is 48.1 Å². The van der Waals surface area contributed by atoms with Gasteiger partial charge in [0.25, 0.3) is 5.91 Å². The average Bonchev–Trinajstić information content (AvgIpc) is 2.87. The van der Waals surface area contributed by atoms with Crippen LogP contribution < -0.4 is 20.3 Å². The van der Waals surface area contributed by atoms with Gasteiger partial charge in [-0.2, -0.15) is 4.98 Å². The average molecular weight is 498 g/mol. The summed E-state index contributed by atoms with van der Waals surface area (Å²) in [5.74, 6) is -0.365. The number of aryl methyl sites for hydroxylation is 1. The maximum atomic E-state index is 13.2. The second-order valence-electron chi connectivity index (χ2n) is 8.25. The molecule has 0 aliphatic carbocycles. The van der Waals surface area contributed by atoms with E-state index in [4.69, 9.17) is 9.47 Å². The Balaban J connectivity index is 2.30. The van der Waals surface area contributed by atoms with Gasteiger partial charge in [0.1, 0.15) is 5.69 Å². The molecule has 0 fully saturated rings. The number of hydrogen-bond donors (Lipinski definition) is 2. The monoisotopic (exact) mass is 497 g/mol. The fraction of sp³-hybridized carbons (Fsp3) is 0.481. The summed E-state index contributed by atoms with van der Waals surface area (Å²) in [6.07, 6.45) is 4.73. The summed E-state index contributed by atoms with van der Waals surface area (Å²) in [7, 11) is 0. The number of hydrogen-bond acceptors (Lipinski definition) is 8. The van der Waals surface area contributed by atoms with Gasteiger partial charge in [0, 0.05) is 36.2 Å².